The Balaban J connectivity index is -0.000000277. The molecule has 0 amide bonds. The Morgan fingerprint density at radius 1 is 1.11 bits per heavy atom. The second kappa shape index (κ2) is 13.0. The predicted molar refractivity (Wildman–Crippen MR) is 69.3 cm³/mol. The quantitative estimate of drug-likeness (QED) is 0.342. The first-order chi connectivity index (χ1) is 7.58. The molecule has 0 aromatic rings. The number of rotatable bonds is 0. The Bertz CT molecular complexity index is 389. The molecule has 0 aromatic carbocycles. The molecule has 0 saturated heterocycles. The van der Waals surface area contributed by atoms with Crippen LogP contribution in [0.3, 0.4) is 0 Å². The van der Waals surface area contributed by atoms with Gasteiger partial charge in [0.25, 0.3) is 0 Å². The maximum absolute atomic E-state index is 3.16. The second-order valence-electron chi connectivity index (χ2n) is 4.70. The van der Waals surface area contributed by atoms with Crippen LogP contribution in [0.4, 0.5) is 0 Å². The summed E-state index contributed by atoms with van der Waals surface area (Å²) in [6.45, 7) is 6.33. The van der Waals surface area contributed by atoms with Gasteiger partial charge in [0.05, 0.1) is 0 Å². The summed E-state index contributed by atoms with van der Waals surface area (Å²) >= 11 is 0. The molecule has 2 aliphatic rings. The van der Waals surface area contributed by atoms with Crippen LogP contribution in [0.25, 0.3) is 0 Å². The molecule has 0 atom stereocenters. The molecule has 2 rings (SSSR count). The van der Waals surface area contributed by atoms with Crippen molar-refractivity contribution in [1.29, 1.82) is 0 Å². The van der Waals surface area contributed by atoms with Gasteiger partial charge in [-0.15, -0.1) is 12.5 Å². The first-order valence-corrected chi connectivity index (χ1v) is 5.60. The Labute approximate surface area is 149 Å². The van der Waals surface area contributed by atoms with E-state index >= 15 is 0 Å². The number of allylic oxidation sites excluding steroid dienone is 8. The fourth-order valence-electron chi connectivity index (χ4n) is 1.09. The Kier molecular flexibility index (Phi) is 16.4. The molecule has 0 spiro atoms. The van der Waals surface area contributed by atoms with Crippen LogP contribution >= 0.6 is 0 Å². The molecule has 0 aliphatic heterocycles. The topological polar surface area (TPSA) is 0 Å². The summed E-state index contributed by atoms with van der Waals surface area (Å²) in [5.41, 5.74) is 1.14. The van der Waals surface area contributed by atoms with Gasteiger partial charge in [0, 0.05) is 5.41 Å². The average Bonchev–Trinajstić information content (AvgIpc) is 2.90. The molecule has 100 valence electrons. The van der Waals surface area contributed by atoms with Crippen molar-refractivity contribution < 1.29 is 51.0 Å². The van der Waals surface area contributed by atoms with Crippen LogP contribution < -0.4 is 24.8 Å². The van der Waals surface area contributed by atoms with Gasteiger partial charge in [-0.3, -0.25) is 6.08 Å². The van der Waals surface area contributed by atoms with Crippen LogP contribution in [-0.2, 0) is 26.2 Å². The van der Waals surface area contributed by atoms with Gasteiger partial charge in [0.15, 0.2) is 0 Å². The van der Waals surface area contributed by atoms with Crippen molar-refractivity contribution in [2.75, 3.05) is 0 Å². The molecule has 0 unspecified atom stereocenters. The molecule has 0 nitrogen and oxygen atoms in total. The van der Waals surface area contributed by atoms with Gasteiger partial charge < -0.3 is 24.8 Å². The van der Waals surface area contributed by atoms with Crippen LogP contribution in [-0.4, -0.2) is 0 Å². The molecule has 0 bridgehead atoms. The van der Waals surface area contributed by atoms with Crippen LogP contribution in [0.2, 0.25) is 0 Å². The summed E-state index contributed by atoms with van der Waals surface area (Å²) in [5, 5.41) is 0. The van der Waals surface area contributed by atoms with E-state index in [1.54, 1.807) is 0 Å². The fraction of sp³-hybridized carbons (Fsp3) is 0.375. The first-order valence-electron chi connectivity index (χ1n) is 5.60. The third-order valence-corrected chi connectivity index (χ3v) is 1.85. The van der Waals surface area contributed by atoms with E-state index in [1.165, 1.54) is 0 Å². The summed E-state index contributed by atoms with van der Waals surface area (Å²) in [6, 6.07) is 0. The maximum atomic E-state index is 3.16. The van der Waals surface area contributed by atoms with E-state index in [4.69, 9.17) is 0 Å². The minimum atomic E-state index is 0. The predicted octanol–water partition coefficient (Wildman–Crippen LogP) is -1.96. The summed E-state index contributed by atoms with van der Waals surface area (Å²) in [6.07, 6.45) is 18.2. The van der Waals surface area contributed by atoms with Crippen molar-refractivity contribution >= 4 is 0 Å². The van der Waals surface area contributed by atoms with E-state index in [0.717, 1.165) is 18.4 Å². The number of halogens is 2. The third-order valence-electron chi connectivity index (χ3n) is 1.85. The summed E-state index contributed by atoms with van der Waals surface area (Å²) in [4.78, 5) is 0. The smallest absolute Gasteiger partial charge is 1.00 e. The molecule has 0 saturated carbocycles. The summed E-state index contributed by atoms with van der Waals surface area (Å²) in [7, 11) is 0. The van der Waals surface area contributed by atoms with Crippen LogP contribution in [0.1, 0.15) is 33.6 Å². The van der Waals surface area contributed by atoms with E-state index < -0.39 is 0 Å². The molecule has 19 heavy (non-hydrogen) atoms. The second-order valence-corrected chi connectivity index (χ2v) is 4.70. The molecule has 2 aliphatic carbocycles. The average molecular weight is 372 g/mol. The largest absolute Gasteiger partial charge is 4.00 e. The van der Waals surface area contributed by atoms with E-state index in [9.17, 15) is 0 Å². The third kappa shape index (κ3) is 14.2. The molecular formula is C16H18Cl2Zr. The van der Waals surface area contributed by atoms with Crippen molar-refractivity contribution in [3.8, 4) is 11.8 Å². The van der Waals surface area contributed by atoms with Gasteiger partial charge in [-0.25, -0.2) is 18.1 Å². The van der Waals surface area contributed by atoms with Crippen LogP contribution in [0.15, 0.2) is 36.0 Å². The van der Waals surface area contributed by atoms with Crippen LogP contribution in [0.5, 0.6) is 0 Å². The molecule has 0 fully saturated rings. The van der Waals surface area contributed by atoms with Gasteiger partial charge >= 0.3 is 26.2 Å². The molecule has 0 N–H and O–H groups in total. The van der Waals surface area contributed by atoms with Crippen molar-refractivity contribution in [1.82, 2.24) is 0 Å². The zero-order chi connectivity index (χ0) is 11.9. The van der Waals surface area contributed by atoms with E-state index in [1.807, 2.05) is 18.2 Å². The van der Waals surface area contributed by atoms with E-state index in [-0.39, 0.29) is 56.4 Å². The molecule has 0 aromatic heterocycles. The van der Waals surface area contributed by atoms with Crippen molar-refractivity contribution in [2.45, 2.75) is 33.6 Å². The molecule has 0 heterocycles. The minimum Gasteiger partial charge on any atom is -1.00 e. The normalized spacial score (nSPS) is 13.7. The Hall–Kier alpha value is -0.0169. The number of hydrogen-bond donors (Lipinski definition) is 0. The molecule has 3 heteroatoms. The van der Waals surface area contributed by atoms with E-state index in [0.29, 0.717) is 0 Å². The zero-order valence-corrected chi connectivity index (χ0v) is 15.5. The number of hydrogen-bond acceptors (Lipinski definition) is 0. The van der Waals surface area contributed by atoms with E-state index in [2.05, 4.69) is 56.9 Å². The van der Waals surface area contributed by atoms with Crippen LogP contribution in [0, 0.1) is 29.4 Å². The SMILES string of the molecule is CC(C)(C)C#CC1=[C-]CC=C1.[C-]1=CC=CC1.[Cl-].[Cl-].[Zr+4]. The monoisotopic (exact) mass is 370 g/mol. The van der Waals surface area contributed by atoms with Crippen molar-refractivity contribution in [2.24, 2.45) is 5.41 Å². The van der Waals surface area contributed by atoms with Gasteiger partial charge in [-0.2, -0.15) is 29.7 Å². The maximum Gasteiger partial charge on any atom is 4.00 e. The standard InChI is InChI=1S/C11H13.C5H5.2ClH.Zr/c1-11(2,3)9-8-10-6-4-5-7-10;1-2-4-5-3-1;;;/h4,6H,5H2,1-3H3;1-3H,4H2;2*1H;/q2*-1;;;+4/p-2. The first kappa shape index (κ1) is 24.0. The van der Waals surface area contributed by atoms with Crippen molar-refractivity contribution in [3.63, 3.8) is 0 Å². The Morgan fingerprint density at radius 2 is 1.79 bits per heavy atom. The minimum absolute atomic E-state index is 0. The van der Waals surface area contributed by atoms with Crippen molar-refractivity contribution in [3.05, 3.63) is 48.1 Å². The van der Waals surface area contributed by atoms with Gasteiger partial charge in [0.2, 0.25) is 0 Å². The van der Waals surface area contributed by atoms with Gasteiger partial charge in [-0.1, -0.05) is 27.2 Å². The fourth-order valence-corrected chi connectivity index (χ4v) is 1.09. The summed E-state index contributed by atoms with van der Waals surface area (Å²) < 4.78 is 0. The molecular weight excluding hydrogens is 354 g/mol. The van der Waals surface area contributed by atoms with Gasteiger partial charge in [-0.05, 0) is 0 Å². The molecule has 0 radical (unpaired) electrons. The summed E-state index contributed by atoms with van der Waals surface area (Å²) in [5.74, 6) is 6.25. The van der Waals surface area contributed by atoms with Gasteiger partial charge in [0.1, 0.15) is 0 Å². The Morgan fingerprint density at radius 3 is 2.11 bits per heavy atom. The zero-order valence-electron chi connectivity index (χ0n) is 11.6.